The molecular formula is C32H48N2O3. The van der Waals surface area contributed by atoms with Crippen LogP contribution in [0.2, 0.25) is 0 Å². The molecule has 0 aliphatic rings. The standard InChI is InChI=1S/C32H48N2O3/c1-3-5-7-9-11-13-17-27-25(29(35)23-33)19-15-21-31(27)37-32-22-16-20-26(30(36)24-34)28(32)18-14-12-10-8-6-4-2/h15-16,19-22H,3-14,17-18,23-24,33-34H2,1-2H3. The molecule has 0 spiro atoms. The van der Waals surface area contributed by atoms with Crippen LogP contribution in [-0.4, -0.2) is 24.7 Å². The predicted octanol–water partition coefficient (Wildman–Crippen LogP) is 7.57. The summed E-state index contributed by atoms with van der Waals surface area (Å²) in [7, 11) is 0. The third kappa shape index (κ3) is 10.1. The first-order chi connectivity index (χ1) is 18.1. The monoisotopic (exact) mass is 508 g/mol. The van der Waals surface area contributed by atoms with E-state index in [4.69, 9.17) is 16.2 Å². The van der Waals surface area contributed by atoms with E-state index in [-0.39, 0.29) is 24.7 Å². The van der Waals surface area contributed by atoms with Crippen LogP contribution in [0.15, 0.2) is 36.4 Å². The fraction of sp³-hybridized carbons (Fsp3) is 0.562. The summed E-state index contributed by atoms with van der Waals surface area (Å²) < 4.78 is 6.52. The highest BCUT2D eigenvalue weighted by Crippen LogP contribution is 2.34. The number of ketones is 2. The molecule has 0 heterocycles. The van der Waals surface area contributed by atoms with E-state index in [0.717, 1.165) is 49.7 Å². The van der Waals surface area contributed by atoms with Crippen LogP contribution in [0.3, 0.4) is 0 Å². The number of nitrogens with two attached hydrogens (primary N) is 2. The zero-order chi connectivity index (χ0) is 26.9. The van der Waals surface area contributed by atoms with E-state index < -0.39 is 0 Å². The number of carbonyl (C=O) groups is 2. The summed E-state index contributed by atoms with van der Waals surface area (Å²) >= 11 is 0. The first-order valence-corrected chi connectivity index (χ1v) is 14.4. The number of unbranched alkanes of at least 4 members (excludes halogenated alkanes) is 10. The van der Waals surface area contributed by atoms with Gasteiger partial charge in [0.25, 0.3) is 0 Å². The fourth-order valence-corrected chi connectivity index (χ4v) is 4.86. The van der Waals surface area contributed by atoms with Crippen LogP contribution < -0.4 is 16.2 Å². The normalized spacial score (nSPS) is 11.0. The zero-order valence-electron chi connectivity index (χ0n) is 23.2. The molecule has 37 heavy (non-hydrogen) atoms. The van der Waals surface area contributed by atoms with Crippen molar-refractivity contribution in [3.8, 4) is 11.5 Å². The van der Waals surface area contributed by atoms with Gasteiger partial charge in [-0.15, -0.1) is 0 Å². The molecule has 0 aromatic heterocycles. The average molecular weight is 509 g/mol. The summed E-state index contributed by atoms with van der Waals surface area (Å²) in [5.41, 5.74) is 14.6. The molecule has 0 aliphatic heterocycles. The minimum atomic E-state index is -0.0780. The molecule has 5 heteroatoms. The van der Waals surface area contributed by atoms with E-state index in [0.29, 0.717) is 22.6 Å². The zero-order valence-corrected chi connectivity index (χ0v) is 23.2. The van der Waals surface area contributed by atoms with E-state index in [1.807, 2.05) is 36.4 Å². The smallest absolute Gasteiger partial charge is 0.176 e. The topological polar surface area (TPSA) is 95.4 Å². The van der Waals surface area contributed by atoms with Gasteiger partial charge in [0, 0.05) is 22.3 Å². The second-order valence-corrected chi connectivity index (χ2v) is 9.96. The van der Waals surface area contributed by atoms with Crippen molar-refractivity contribution < 1.29 is 14.3 Å². The molecule has 2 rings (SSSR count). The number of ether oxygens (including phenoxy) is 1. The highest BCUT2D eigenvalue weighted by molar-refractivity contribution is 6.00. The minimum Gasteiger partial charge on any atom is -0.457 e. The van der Waals surface area contributed by atoms with Crippen molar-refractivity contribution in [2.24, 2.45) is 11.5 Å². The summed E-state index contributed by atoms with van der Waals surface area (Å²) in [6.45, 7) is 4.37. The molecule has 0 unspecified atom stereocenters. The number of rotatable bonds is 20. The van der Waals surface area contributed by atoms with Crippen molar-refractivity contribution in [2.45, 2.75) is 104 Å². The number of carbonyl (C=O) groups excluding carboxylic acids is 2. The van der Waals surface area contributed by atoms with Crippen LogP contribution in [0.5, 0.6) is 11.5 Å². The third-order valence-electron chi connectivity index (χ3n) is 7.02. The maximum absolute atomic E-state index is 12.7. The van der Waals surface area contributed by atoms with E-state index >= 15 is 0 Å². The second-order valence-electron chi connectivity index (χ2n) is 9.96. The van der Waals surface area contributed by atoms with Crippen LogP contribution in [0.1, 0.15) is 123 Å². The number of benzene rings is 2. The van der Waals surface area contributed by atoms with Crippen molar-refractivity contribution in [1.82, 2.24) is 0 Å². The summed E-state index contributed by atoms with van der Waals surface area (Å²) in [5.74, 6) is 1.19. The van der Waals surface area contributed by atoms with E-state index in [1.165, 1.54) is 51.4 Å². The lowest BCUT2D eigenvalue weighted by atomic mass is 9.95. The molecule has 2 aromatic rings. The summed E-state index contributed by atoms with van der Waals surface area (Å²) in [6.07, 6.45) is 15.6. The van der Waals surface area contributed by atoms with Crippen molar-refractivity contribution in [2.75, 3.05) is 13.1 Å². The molecule has 0 saturated carbocycles. The molecule has 0 saturated heterocycles. The Labute approximate surface area is 224 Å². The Bertz CT molecular complexity index is 893. The van der Waals surface area contributed by atoms with Gasteiger partial charge in [0.05, 0.1) is 13.1 Å². The van der Waals surface area contributed by atoms with Crippen molar-refractivity contribution in [1.29, 1.82) is 0 Å². The van der Waals surface area contributed by atoms with Gasteiger partial charge in [0.2, 0.25) is 0 Å². The summed E-state index contributed by atoms with van der Waals surface area (Å²) in [4.78, 5) is 25.3. The van der Waals surface area contributed by atoms with Crippen molar-refractivity contribution >= 4 is 11.6 Å². The molecule has 0 aliphatic carbocycles. The van der Waals surface area contributed by atoms with Gasteiger partial charge in [-0.25, -0.2) is 0 Å². The van der Waals surface area contributed by atoms with Crippen molar-refractivity contribution in [3.63, 3.8) is 0 Å². The first kappa shape index (κ1) is 30.7. The van der Waals surface area contributed by atoms with Gasteiger partial charge in [-0.3, -0.25) is 9.59 Å². The van der Waals surface area contributed by atoms with Gasteiger partial charge >= 0.3 is 0 Å². The largest absolute Gasteiger partial charge is 0.457 e. The molecule has 2 aromatic carbocycles. The number of Topliss-reactive ketones (excluding diaryl/α,β-unsaturated/α-hetero) is 2. The lowest BCUT2D eigenvalue weighted by molar-refractivity contribution is 0.0992. The van der Waals surface area contributed by atoms with Gasteiger partial charge in [-0.2, -0.15) is 0 Å². The summed E-state index contributed by atoms with van der Waals surface area (Å²) in [5, 5.41) is 0. The summed E-state index contributed by atoms with van der Waals surface area (Å²) in [6, 6.07) is 11.2. The first-order valence-electron chi connectivity index (χ1n) is 14.4. The van der Waals surface area contributed by atoms with Gasteiger partial charge in [0.15, 0.2) is 11.6 Å². The highest BCUT2D eigenvalue weighted by atomic mass is 16.5. The van der Waals surface area contributed by atoms with Gasteiger partial charge < -0.3 is 16.2 Å². The van der Waals surface area contributed by atoms with Gasteiger partial charge in [-0.1, -0.05) is 102 Å². The van der Waals surface area contributed by atoms with Crippen molar-refractivity contribution in [3.05, 3.63) is 58.7 Å². The minimum absolute atomic E-state index is 0.0310. The molecule has 0 fully saturated rings. The molecule has 0 bridgehead atoms. The average Bonchev–Trinajstić information content (AvgIpc) is 2.92. The lowest BCUT2D eigenvalue weighted by Gasteiger charge is -2.18. The second kappa shape index (κ2) is 17.9. The molecule has 0 amide bonds. The predicted molar refractivity (Wildman–Crippen MR) is 154 cm³/mol. The maximum atomic E-state index is 12.7. The third-order valence-corrected chi connectivity index (χ3v) is 7.02. The maximum Gasteiger partial charge on any atom is 0.176 e. The van der Waals surface area contributed by atoms with Crippen LogP contribution in [0.4, 0.5) is 0 Å². The van der Waals surface area contributed by atoms with Gasteiger partial charge in [0.1, 0.15) is 11.5 Å². The van der Waals surface area contributed by atoms with E-state index in [2.05, 4.69) is 13.8 Å². The fourth-order valence-electron chi connectivity index (χ4n) is 4.86. The van der Waals surface area contributed by atoms with Gasteiger partial charge in [-0.05, 0) is 37.8 Å². The molecular weight excluding hydrogens is 460 g/mol. The Balaban J connectivity index is 2.30. The van der Waals surface area contributed by atoms with Crippen LogP contribution in [-0.2, 0) is 12.8 Å². The molecule has 0 radical (unpaired) electrons. The quantitative estimate of drug-likeness (QED) is 0.142. The Hall–Kier alpha value is -2.50. The Kier molecular flexibility index (Phi) is 14.8. The van der Waals surface area contributed by atoms with Crippen LogP contribution in [0, 0.1) is 0 Å². The van der Waals surface area contributed by atoms with E-state index in [1.54, 1.807) is 0 Å². The number of hydrogen-bond acceptors (Lipinski definition) is 5. The number of hydrogen-bond donors (Lipinski definition) is 2. The highest BCUT2D eigenvalue weighted by Gasteiger charge is 2.19. The molecule has 0 atom stereocenters. The molecule has 4 N–H and O–H groups in total. The Morgan fingerprint density at radius 3 is 1.35 bits per heavy atom. The van der Waals surface area contributed by atoms with Crippen LogP contribution >= 0.6 is 0 Å². The van der Waals surface area contributed by atoms with E-state index in [9.17, 15) is 9.59 Å². The van der Waals surface area contributed by atoms with Crippen LogP contribution in [0.25, 0.3) is 0 Å². The lowest BCUT2D eigenvalue weighted by Crippen LogP contribution is -2.17. The Morgan fingerprint density at radius 2 is 0.973 bits per heavy atom. The molecule has 5 nitrogen and oxygen atoms in total. The molecule has 204 valence electrons. The SMILES string of the molecule is CCCCCCCCc1c(Oc2cccc(C(=O)CN)c2CCCCCCCC)cccc1C(=O)CN. The Morgan fingerprint density at radius 1 is 0.595 bits per heavy atom.